The molecule has 4 nitrogen and oxygen atoms in total. The number of rotatable bonds is 4. The SMILES string of the molecule is COc1ccc(CNc2ncncc2Cl)cc1Br. The fourth-order valence-electron chi connectivity index (χ4n) is 1.45. The molecule has 1 N–H and O–H groups in total. The van der Waals surface area contributed by atoms with Crippen molar-refractivity contribution in [3.8, 4) is 5.75 Å². The molecule has 1 aromatic heterocycles. The summed E-state index contributed by atoms with van der Waals surface area (Å²) in [4.78, 5) is 7.89. The van der Waals surface area contributed by atoms with E-state index in [4.69, 9.17) is 16.3 Å². The average Bonchev–Trinajstić information content (AvgIpc) is 2.38. The standard InChI is InChI=1S/C12H11BrClN3O/c1-18-11-3-2-8(4-9(11)13)5-16-12-10(14)6-15-7-17-12/h2-4,6-7H,5H2,1H3,(H,15,16,17). The van der Waals surface area contributed by atoms with E-state index in [-0.39, 0.29) is 0 Å². The van der Waals surface area contributed by atoms with Crippen molar-refractivity contribution in [2.24, 2.45) is 0 Å². The van der Waals surface area contributed by atoms with Crippen molar-refractivity contribution in [1.82, 2.24) is 9.97 Å². The van der Waals surface area contributed by atoms with Gasteiger partial charge >= 0.3 is 0 Å². The van der Waals surface area contributed by atoms with Crippen LogP contribution in [0.15, 0.2) is 35.2 Å². The van der Waals surface area contributed by atoms with Crippen molar-refractivity contribution >= 4 is 33.3 Å². The Kier molecular flexibility index (Phi) is 4.38. The molecule has 2 rings (SSSR count). The van der Waals surface area contributed by atoms with Crippen LogP contribution in [-0.2, 0) is 6.54 Å². The van der Waals surface area contributed by atoms with E-state index in [0.717, 1.165) is 15.8 Å². The summed E-state index contributed by atoms with van der Waals surface area (Å²) < 4.78 is 6.09. The molecular formula is C12H11BrClN3O. The van der Waals surface area contributed by atoms with E-state index < -0.39 is 0 Å². The first-order valence-corrected chi connectivity index (χ1v) is 6.39. The van der Waals surface area contributed by atoms with Crippen LogP contribution in [0.3, 0.4) is 0 Å². The van der Waals surface area contributed by atoms with Crippen molar-refractivity contribution in [3.05, 3.63) is 45.8 Å². The van der Waals surface area contributed by atoms with Gasteiger partial charge in [0.2, 0.25) is 0 Å². The van der Waals surface area contributed by atoms with Gasteiger partial charge in [-0.15, -0.1) is 0 Å². The zero-order valence-electron chi connectivity index (χ0n) is 9.65. The Labute approximate surface area is 118 Å². The Morgan fingerprint density at radius 2 is 2.28 bits per heavy atom. The predicted octanol–water partition coefficient (Wildman–Crippen LogP) is 3.51. The van der Waals surface area contributed by atoms with Crippen LogP contribution in [-0.4, -0.2) is 17.1 Å². The molecule has 0 saturated carbocycles. The smallest absolute Gasteiger partial charge is 0.148 e. The van der Waals surface area contributed by atoms with E-state index >= 15 is 0 Å². The number of anilines is 1. The number of nitrogens with zero attached hydrogens (tertiary/aromatic N) is 2. The zero-order valence-corrected chi connectivity index (χ0v) is 12.0. The fourth-order valence-corrected chi connectivity index (χ4v) is 2.21. The molecule has 1 heterocycles. The van der Waals surface area contributed by atoms with Gasteiger partial charge in [0, 0.05) is 6.54 Å². The Hall–Kier alpha value is -1.33. The maximum Gasteiger partial charge on any atom is 0.148 e. The predicted molar refractivity (Wildman–Crippen MR) is 75.1 cm³/mol. The van der Waals surface area contributed by atoms with Gasteiger partial charge in [-0.3, -0.25) is 0 Å². The van der Waals surface area contributed by atoms with Gasteiger partial charge in [-0.2, -0.15) is 0 Å². The molecule has 0 aliphatic heterocycles. The topological polar surface area (TPSA) is 47.0 Å². The lowest BCUT2D eigenvalue weighted by molar-refractivity contribution is 0.412. The van der Waals surface area contributed by atoms with Crippen LogP contribution in [0.2, 0.25) is 5.02 Å². The highest BCUT2D eigenvalue weighted by Gasteiger charge is 2.03. The third-order valence-electron chi connectivity index (χ3n) is 2.34. The normalized spacial score (nSPS) is 10.2. The number of benzene rings is 1. The van der Waals surface area contributed by atoms with Crippen LogP contribution in [0.1, 0.15) is 5.56 Å². The number of hydrogen-bond acceptors (Lipinski definition) is 4. The minimum atomic E-state index is 0.505. The summed E-state index contributed by atoms with van der Waals surface area (Å²) in [7, 11) is 1.64. The summed E-state index contributed by atoms with van der Waals surface area (Å²) in [5.41, 5.74) is 1.09. The maximum absolute atomic E-state index is 5.95. The molecule has 0 amide bonds. The second-order valence-electron chi connectivity index (χ2n) is 3.54. The molecule has 0 unspecified atom stereocenters. The zero-order chi connectivity index (χ0) is 13.0. The maximum atomic E-state index is 5.95. The summed E-state index contributed by atoms with van der Waals surface area (Å²) >= 11 is 9.40. The molecule has 2 aromatic rings. The number of ether oxygens (including phenoxy) is 1. The molecule has 1 aromatic carbocycles. The van der Waals surface area contributed by atoms with Gasteiger partial charge < -0.3 is 10.1 Å². The van der Waals surface area contributed by atoms with Crippen molar-refractivity contribution in [2.75, 3.05) is 12.4 Å². The first kappa shape index (κ1) is 13.1. The third-order valence-corrected chi connectivity index (χ3v) is 3.24. The van der Waals surface area contributed by atoms with E-state index in [1.54, 1.807) is 13.3 Å². The van der Waals surface area contributed by atoms with Crippen LogP contribution < -0.4 is 10.1 Å². The van der Waals surface area contributed by atoms with Crippen molar-refractivity contribution in [1.29, 1.82) is 0 Å². The Morgan fingerprint density at radius 3 is 2.94 bits per heavy atom. The number of methoxy groups -OCH3 is 1. The minimum Gasteiger partial charge on any atom is -0.496 e. The molecule has 0 spiro atoms. The van der Waals surface area contributed by atoms with Crippen LogP contribution in [0.25, 0.3) is 0 Å². The van der Waals surface area contributed by atoms with Gasteiger partial charge in [-0.05, 0) is 33.6 Å². The molecule has 0 aliphatic carbocycles. The molecule has 0 saturated heterocycles. The van der Waals surface area contributed by atoms with Gasteiger partial charge in [-0.1, -0.05) is 17.7 Å². The quantitative estimate of drug-likeness (QED) is 0.933. The largest absolute Gasteiger partial charge is 0.496 e. The summed E-state index contributed by atoms with van der Waals surface area (Å²) in [6.07, 6.45) is 3.01. The lowest BCUT2D eigenvalue weighted by atomic mass is 10.2. The fraction of sp³-hybridized carbons (Fsp3) is 0.167. The highest BCUT2D eigenvalue weighted by molar-refractivity contribution is 9.10. The Morgan fingerprint density at radius 1 is 1.44 bits per heavy atom. The summed E-state index contributed by atoms with van der Waals surface area (Å²) in [6.45, 7) is 0.624. The highest BCUT2D eigenvalue weighted by atomic mass is 79.9. The monoisotopic (exact) mass is 327 g/mol. The van der Waals surface area contributed by atoms with Crippen LogP contribution in [0.5, 0.6) is 5.75 Å². The molecule has 0 fully saturated rings. The Balaban J connectivity index is 2.07. The summed E-state index contributed by atoms with van der Waals surface area (Å²) in [5, 5.41) is 3.65. The minimum absolute atomic E-state index is 0.505. The van der Waals surface area contributed by atoms with Crippen molar-refractivity contribution < 1.29 is 4.74 Å². The van der Waals surface area contributed by atoms with Gasteiger partial charge in [-0.25, -0.2) is 9.97 Å². The second-order valence-corrected chi connectivity index (χ2v) is 4.80. The van der Waals surface area contributed by atoms with Crippen molar-refractivity contribution in [2.45, 2.75) is 6.54 Å². The first-order chi connectivity index (χ1) is 8.70. The molecule has 0 atom stereocenters. The number of halogens is 2. The molecule has 0 bridgehead atoms. The highest BCUT2D eigenvalue weighted by Crippen LogP contribution is 2.26. The summed E-state index contributed by atoms with van der Waals surface area (Å²) in [5.74, 6) is 1.43. The Bertz CT molecular complexity index is 551. The van der Waals surface area contributed by atoms with Crippen LogP contribution >= 0.6 is 27.5 Å². The molecular weight excluding hydrogens is 318 g/mol. The van der Waals surface area contributed by atoms with E-state index in [1.165, 1.54) is 6.33 Å². The van der Waals surface area contributed by atoms with Gasteiger partial charge in [0.05, 0.1) is 17.8 Å². The molecule has 94 valence electrons. The second kappa shape index (κ2) is 6.02. The van der Waals surface area contributed by atoms with E-state index in [0.29, 0.717) is 17.4 Å². The van der Waals surface area contributed by atoms with E-state index in [9.17, 15) is 0 Å². The van der Waals surface area contributed by atoms with E-state index in [1.807, 2.05) is 18.2 Å². The van der Waals surface area contributed by atoms with Crippen LogP contribution in [0.4, 0.5) is 5.82 Å². The van der Waals surface area contributed by atoms with Crippen molar-refractivity contribution in [3.63, 3.8) is 0 Å². The molecule has 0 aliphatic rings. The van der Waals surface area contributed by atoms with E-state index in [2.05, 4.69) is 31.2 Å². The third kappa shape index (κ3) is 3.11. The van der Waals surface area contributed by atoms with Gasteiger partial charge in [0.25, 0.3) is 0 Å². The molecule has 18 heavy (non-hydrogen) atoms. The number of hydrogen-bond donors (Lipinski definition) is 1. The molecule has 6 heteroatoms. The summed E-state index contributed by atoms with van der Waals surface area (Å²) in [6, 6.07) is 5.87. The molecule has 0 radical (unpaired) electrons. The lowest BCUT2D eigenvalue weighted by Gasteiger charge is -2.08. The van der Waals surface area contributed by atoms with Gasteiger partial charge in [0.15, 0.2) is 0 Å². The average molecular weight is 329 g/mol. The first-order valence-electron chi connectivity index (χ1n) is 5.22. The van der Waals surface area contributed by atoms with Crippen LogP contribution in [0, 0.1) is 0 Å². The number of aromatic nitrogens is 2. The number of nitrogens with one attached hydrogen (secondary N) is 1. The lowest BCUT2D eigenvalue weighted by Crippen LogP contribution is -2.02. The van der Waals surface area contributed by atoms with Gasteiger partial charge in [0.1, 0.15) is 22.9 Å².